The molecule has 5 nitrogen and oxygen atoms in total. The summed E-state index contributed by atoms with van der Waals surface area (Å²) in [6.45, 7) is 5.67. The van der Waals surface area contributed by atoms with E-state index >= 15 is 0 Å². The Morgan fingerprint density at radius 3 is 2.22 bits per heavy atom. The maximum atomic E-state index is 5.77. The Labute approximate surface area is 158 Å². The summed E-state index contributed by atoms with van der Waals surface area (Å²) in [5.74, 6) is 0.891. The van der Waals surface area contributed by atoms with Crippen LogP contribution in [0.3, 0.4) is 0 Å². The summed E-state index contributed by atoms with van der Waals surface area (Å²) in [5.41, 5.74) is 0.348. The van der Waals surface area contributed by atoms with E-state index < -0.39 is 0 Å². The van der Waals surface area contributed by atoms with Gasteiger partial charge in [0, 0.05) is 53.3 Å². The highest BCUT2D eigenvalue weighted by Crippen LogP contribution is 2.40. The SMILES string of the molecule is CCC1(CNC(=NC)NCC2(OC)CCOCC2)CCCC1.I. The zero-order valence-corrected chi connectivity index (χ0v) is 17.3. The fraction of sp³-hybridized carbons (Fsp3) is 0.941. The van der Waals surface area contributed by atoms with Gasteiger partial charge in [-0.25, -0.2) is 0 Å². The molecule has 0 aromatic rings. The van der Waals surface area contributed by atoms with Crippen LogP contribution in [0, 0.1) is 5.41 Å². The number of rotatable bonds is 6. The Bertz CT molecular complexity index is 365. The quantitative estimate of drug-likeness (QED) is 0.380. The zero-order valence-electron chi connectivity index (χ0n) is 15.0. The van der Waals surface area contributed by atoms with Crippen molar-refractivity contribution in [3.8, 4) is 0 Å². The highest BCUT2D eigenvalue weighted by atomic mass is 127. The second-order valence-electron chi connectivity index (χ2n) is 6.84. The molecule has 2 rings (SSSR count). The van der Waals surface area contributed by atoms with E-state index in [1.54, 1.807) is 7.11 Å². The van der Waals surface area contributed by atoms with Crippen molar-refractivity contribution in [1.82, 2.24) is 10.6 Å². The molecule has 1 saturated carbocycles. The molecule has 0 radical (unpaired) electrons. The van der Waals surface area contributed by atoms with Gasteiger partial charge in [-0.2, -0.15) is 0 Å². The van der Waals surface area contributed by atoms with E-state index in [-0.39, 0.29) is 29.6 Å². The summed E-state index contributed by atoms with van der Waals surface area (Å²) >= 11 is 0. The van der Waals surface area contributed by atoms with Gasteiger partial charge in [0.15, 0.2) is 5.96 Å². The van der Waals surface area contributed by atoms with Gasteiger partial charge in [0.25, 0.3) is 0 Å². The highest BCUT2D eigenvalue weighted by Gasteiger charge is 2.34. The summed E-state index contributed by atoms with van der Waals surface area (Å²) in [5, 5.41) is 6.99. The van der Waals surface area contributed by atoms with Crippen LogP contribution in [-0.2, 0) is 9.47 Å². The van der Waals surface area contributed by atoms with Gasteiger partial charge in [-0.1, -0.05) is 19.8 Å². The number of guanidine groups is 1. The molecule has 1 saturated heterocycles. The molecule has 23 heavy (non-hydrogen) atoms. The average molecular weight is 439 g/mol. The first-order valence-electron chi connectivity index (χ1n) is 8.75. The number of ether oxygens (including phenoxy) is 2. The predicted octanol–water partition coefficient (Wildman–Crippen LogP) is 2.94. The van der Waals surface area contributed by atoms with Crippen molar-refractivity contribution in [3.63, 3.8) is 0 Å². The molecule has 0 bridgehead atoms. The summed E-state index contributed by atoms with van der Waals surface area (Å²) < 4.78 is 11.2. The number of methoxy groups -OCH3 is 1. The fourth-order valence-corrected chi connectivity index (χ4v) is 3.71. The molecule has 0 unspecified atom stereocenters. The lowest BCUT2D eigenvalue weighted by Gasteiger charge is -2.36. The molecule has 1 aliphatic carbocycles. The van der Waals surface area contributed by atoms with Gasteiger partial charge in [0.2, 0.25) is 0 Å². The van der Waals surface area contributed by atoms with Crippen LogP contribution in [0.5, 0.6) is 0 Å². The maximum Gasteiger partial charge on any atom is 0.191 e. The van der Waals surface area contributed by atoms with Crippen LogP contribution < -0.4 is 10.6 Å². The molecule has 2 N–H and O–H groups in total. The lowest BCUT2D eigenvalue weighted by Crippen LogP contribution is -2.51. The molecule has 2 aliphatic rings. The standard InChI is InChI=1S/C17H33N3O2.HI/c1-4-16(7-5-6-8-16)13-19-15(18-2)20-14-17(21-3)9-11-22-12-10-17;/h4-14H2,1-3H3,(H2,18,19,20);1H. The molecule has 0 spiro atoms. The van der Waals surface area contributed by atoms with Gasteiger partial charge >= 0.3 is 0 Å². The van der Waals surface area contributed by atoms with Crippen LogP contribution in [0.4, 0.5) is 0 Å². The van der Waals surface area contributed by atoms with Crippen molar-refractivity contribution in [2.75, 3.05) is 40.5 Å². The molecule has 0 atom stereocenters. The second kappa shape index (κ2) is 10.0. The largest absolute Gasteiger partial charge is 0.381 e. The third-order valence-corrected chi connectivity index (χ3v) is 5.68. The number of hydrogen-bond acceptors (Lipinski definition) is 3. The van der Waals surface area contributed by atoms with Crippen molar-refractivity contribution in [3.05, 3.63) is 0 Å². The number of aliphatic imine (C=N–C) groups is 1. The molecule has 0 amide bonds. The number of halogens is 1. The lowest BCUT2D eigenvalue weighted by molar-refractivity contribution is -0.0855. The van der Waals surface area contributed by atoms with Gasteiger partial charge in [-0.3, -0.25) is 4.99 Å². The van der Waals surface area contributed by atoms with Crippen LogP contribution in [-0.4, -0.2) is 52.0 Å². The highest BCUT2D eigenvalue weighted by molar-refractivity contribution is 14.0. The Kier molecular flexibility index (Phi) is 9.15. The summed E-state index contributed by atoms with van der Waals surface area (Å²) in [4.78, 5) is 4.37. The zero-order chi connectivity index (χ0) is 15.9. The monoisotopic (exact) mass is 439 g/mol. The van der Waals surface area contributed by atoms with Gasteiger partial charge < -0.3 is 20.1 Å². The molecule has 1 aliphatic heterocycles. The minimum atomic E-state index is -0.119. The summed E-state index contributed by atoms with van der Waals surface area (Å²) in [6.07, 6.45) is 8.54. The fourth-order valence-electron chi connectivity index (χ4n) is 3.71. The minimum Gasteiger partial charge on any atom is -0.381 e. The van der Waals surface area contributed by atoms with Crippen LogP contribution in [0.25, 0.3) is 0 Å². The first-order valence-corrected chi connectivity index (χ1v) is 8.75. The van der Waals surface area contributed by atoms with Crippen LogP contribution >= 0.6 is 24.0 Å². The van der Waals surface area contributed by atoms with Crippen LogP contribution in [0.2, 0.25) is 0 Å². The number of hydrogen-bond donors (Lipinski definition) is 2. The maximum absolute atomic E-state index is 5.77. The van der Waals surface area contributed by atoms with E-state index in [1.165, 1.54) is 32.1 Å². The molecule has 0 aromatic heterocycles. The second-order valence-corrected chi connectivity index (χ2v) is 6.84. The smallest absolute Gasteiger partial charge is 0.191 e. The van der Waals surface area contributed by atoms with Crippen LogP contribution in [0.1, 0.15) is 51.9 Å². The summed E-state index contributed by atoms with van der Waals surface area (Å²) in [6, 6.07) is 0. The van der Waals surface area contributed by atoms with E-state index in [0.29, 0.717) is 5.41 Å². The van der Waals surface area contributed by atoms with Crippen molar-refractivity contribution in [2.24, 2.45) is 10.4 Å². The van der Waals surface area contributed by atoms with Gasteiger partial charge in [-0.05, 0) is 24.7 Å². The molecular formula is C17H34IN3O2. The summed E-state index contributed by atoms with van der Waals surface area (Å²) in [7, 11) is 3.64. The third kappa shape index (κ3) is 5.74. The third-order valence-electron chi connectivity index (χ3n) is 5.68. The van der Waals surface area contributed by atoms with Gasteiger partial charge in [0.05, 0.1) is 5.60 Å². The van der Waals surface area contributed by atoms with Crippen molar-refractivity contribution in [1.29, 1.82) is 0 Å². The molecular weight excluding hydrogens is 405 g/mol. The number of nitrogens with zero attached hydrogens (tertiary/aromatic N) is 1. The van der Waals surface area contributed by atoms with Crippen molar-refractivity contribution in [2.45, 2.75) is 57.5 Å². The van der Waals surface area contributed by atoms with Gasteiger partial charge in [-0.15, -0.1) is 24.0 Å². The van der Waals surface area contributed by atoms with Crippen LogP contribution in [0.15, 0.2) is 4.99 Å². The molecule has 0 aromatic carbocycles. The predicted molar refractivity (Wildman–Crippen MR) is 106 cm³/mol. The molecule has 6 heteroatoms. The van der Waals surface area contributed by atoms with Crippen molar-refractivity contribution >= 4 is 29.9 Å². The molecule has 1 heterocycles. The van der Waals surface area contributed by atoms with E-state index in [9.17, 15) is 0 Å². The molecule has 136 valence electrons. The lowest BCUT2D eigenvalue weighted by atomic mass is 9.83. The minimum absolute atomic E-state index is 0. The Hall–Kier alpha value is -0.0800. The first kappa shape index (κ1) is 21.0. The topological polar surface area (TPSA) is 54.9 Å². The van der Waals surface area contributed by atoms with E-state index in [0.717, 1.165) is 45.1 Å². The Morgan fingerprint density at radius 1 is 1.09 bits per heavy atom. The molecule has 2 fully saturated rings. The van der Waals surface area contributed by atoms with Gasteiger partial charge in [0.1, 0.15) is 0 Å². The average Bonchev–Trinajstić information content (AvgIpc) is 3.05. The van der Waals surface area contributed by atoms with E-state index in [4.69, 9.17) is 9.47 Å². The number of nitrogens with one attached hydrogen (secondary N) is 2. The van der Waals surface area contributed by atoms with Crippen molar-refractivity contribution < 1.29 is 9.47 Å². The normalized spacial score (nSPS) is 23.2. The van der Waals surface area contributed by atoms with E-state index in [2.05, 4.69) is 22.5 Å². The Morgan fingerprint density at radius 2 is 1.70 bits per heavy atom. The first-order chi connectivity index (χ1) is 10.7. The Balaban J connectivity index is 0.00000264. The van der Waals surface area contributed by atoms with E-state index in [1.807, 2.05) is 7.05 Å².